The van der Waals surface area contributed by atoms with Gasteiger partial charge in [-0.2, -0.15) is 0 Å². The predicted octanol–water partition coefficient (Wildman–Crippen LogP) is 6.24. The molecule has 1 N–H and O–H groups in total. The molecule has 0 amide bonds. The van der Waals surface area contributed by atoms with Crippen LogP contribution in [0.25, 0.3) is 22.5 Å². The molecule has 0 aliphatic carbocycles. The first-order chi connectivity index (χ1) is 19.2. The van der Waals surface area contributed by atoms with Gasteiger partial charge in [0.05, 0.1) is 24.6 Å². The zero-order valence-corrected chi connectivity index (χ0v) is 23.4. The predicted molar refractivity (Wildman–Crippen MR) is 157 cm³/mol. The lowest BCUT2D eigenvalue weighted by molar-refractivity contribution is -0.235. The van der Waals surface area contributed by atoms with Crippen LogP contribution in [-0.4, -0.2) is 65.8 Å². The van der Waals surface area contributed by atoms with Crippen molar-refractivity contribution >= 4 is 16.5 Å². The average molecular weight is 544 g/mol. The number of aromatic nitrogens is 3. The van der Waals surface area contributed by atoms with E-state index in [4.69, 9.17) is 14.5 Å². The van der Waals surface area contributed by atoms with Crippen molar-refractivity contribution in [2.24, 2.45) is 5.41 Å². The van der Waals surface area contributed by atoms with Crippen LogP contribution in [0.5, 0.6) is 0 Å². The van der Waals surface area contributed by atoms with Crippen LogP contribution in [0.2, 0.25) is 0 Å². The fourth-order valence-corrected chi connectivity index (χ4v) is 6.19. The Kier molecular flexibility index (Phi) is 8.06. The van der Waals surface area contributed by atoms with E-state index in [0.29, 0.717) is 13.2 Å². The Hall–Kier alpha value is -3.04. The zero-order valence-electron chi connectivity index (χ0n) is 22.6. The summed E-state index contributed by atoms with van der Waals surface area (Å²) in [5, 5.41) is 3.21. The number of benzene rings is 2. The number of unbranched alkanes of at least 4 members (excludes halogenated alkanes) is 1. The second kappa shape index (κ2) is 12.0. The highest BCUT2D eigenvalue weighted by Crippen LogP contribution is 2.37. The molecule has 4 aromatic rings. The van der Waals surface area contributed by atoms with Crippen molar-refractivity contribution < 1.29 is 9.47 Å². The van der Waals surface area contributed by atoms with Crippen LogP contribution < -0.4 is 4.90 Å². The first-order valence-electron chi connectivity index (χ1n) is 14.0. The summed E-state index contributed by atoms with van der Waals surface area (Å²) in [6, 6.07) is 20.6. The number of nitrogens with one attached hydrogen (secondary N) is 1. The molecule has 39 heavy (non-hydrogen) atoms. The number of anilines is 1. The maximum Gasteiger partial charge on any atom is 0.217 e. The van der Waals surface area contributed by atoms with Gasteiger partial charge in [0, 0.05) is 54.3 Å². The van der Waals surface area contributed by atoms with Gasteiger partial charge in [0.25, 0.3) is 0 Å². The summed E-state index contributed by atoms with van der Waals surface area (Å²) >= 11 is 1.73. The lowest BCUT2D eigenvalue weighted by Crippen LogP contribution is -2.46. The maximum absolute atomic E-state index is 6.28. The van der Waals surface area contributed by atoms with Crippen LogP contribution in [0.3, 0.4) is 0 Å². The summed E-state index contributed by atoms with van der Waals surface area (Å²) in [6.45, 7) is 9.15. The van der Waals surface area contributed by atoms with Gasteiger partial charge in [-0.25, -0.2) is 9.97 Å². The van der Waals surface area contributed by atoms with Crippen LogP contribution in [0, 0.1) is 5.41 Å². The lowest BCUT2D eigenvalue weighted by atomic mass is 9.86. The van der Waals surface area contributed by atoms with E-state index < -0.39 is 6.29 Å². The Balaban J connectivity index is 1.00. The molecule has 0 unspecified atom stereocenters. The van der Waals surface area contributed by atoms with E-state index in [1.54, 1.807) is 11.3 Å². The van der Waals surface area contributed by atoms with E-state index in [2.05, 4.69) is 56.3 Å². The highest BCUT2D eigenvalue weighted by atomic mass is 32.1. The van der Waals surface area contributed by atoms with Crippen molar-refractivity contribution in [3.8, 4) is 22.5 Å². The standard InChI is InChI=1S/C31H37N5O2S/c1-31(14-8-9-16-35-17-19-36(20-18-35)30-32-15-21-39-30)22-37-29(38-23-31)28-33-26(24-10-4-2-5-11-24)27(34-28)25-12-6-3-7-13-25/h2-7,10-13,15,21,29H,8-9,14,16-20,22-23H2,1H3,(H,33,34). The molecule has 6 rings (SSSR count). The molecule has 2 aromatic heterocycles. The smallest absolute Gasteiger partial charge is 0.217 e. The molecule has 0 spiro atoms. The third-order valence-corrected chi connectivity index (χ3v) is 8.62. The van der Waals surface area contributed by atoms with Crippen LogP contribution in [0.4, 0.5) is 5.13 Å². The fourth-order valence-electron chi connectivity index (χ4n) is 5.49. The monoisotopic (exact) mass is 543 g/mol. The number of piperazine rings is 1. The summed E-state index contributed by atoms with van der Waals surface area (Å²) in [4.78, 5) is 17.9. The number of ether oxygens (including phenoxy) is 2. The van der Waals surface area contributed by atoms with Gasteiger partial charge in [-0.15, -0.1) is 11.3 Å². The molecule has 2 fully saturated rings. The number of thiazole rings is 1. The first-order valence-corrected chi connectivity index (χ1v) is 14.9. The third kappa shape index (κ3) is 6.25. The normalized spacial score (nSPS) is 22.3. The van der Waals surface area contributed by atoms with E-state index in [1.807, 2.05) is 42.6 Å². The Morgan fingerprint density at radius 3 is 2.28 bits per heavy atom. The summed E-state index contributed by atoms with van der Waals surface area (Å²) < 4.78 is 12.6. The molecular weight excluding hydrogens is 506 g/mol. The summed E-state index contributed by atoms with van der Waals surface area (Å²) in [6.07, 6.45) is 4.90. The van der Waals surface area contributed by atoms with Gasteiger partial charge in [0.1, 0.15) is 0 Å². The van der Waals surface area contributed by atoms with Crippen LogP contribution >= 0.6 is 11.3 Å². The molecule has 0 saturated carbocycles. The summed E-state index contributed by atoms with van der Waals surface area (Å²) in [5.74, 6) is 0.728. The second-order valence-corrected chi connectivity index (χ2v) is 11.8. The molecule has 2 aliphatic rings. The number of rotatable bonds is 9. The lowest BCUT2D eigenvalue weighted by Gasteiger charge is -2.37. The van der Waals surface area contributed by atoms with E-state index in [1.165, 1.54) is 12.8 Å². The van der Waals surface area contributed by atoms with Gasteiger partial charge in [-0.05, 0) is 19.4 Å². The quantitative estimate of drug-likeness (QED) is 0.252. The number of H-pyrrole nitrogens is 1. The molecule has 0 radical (unpaired) electrons. The Bertz CT molecular complexity index is 1240. The molecular formula is C31H37N5O2S. The first kappa shape index (κ1) is 26.2. The van der Waals surface area contributed by atoms with Gasteiger partial charge in [-0.3, -0.25) is 4.90 Å². The van der Waals surface area contributed by atoms with Crippen molar-refractivity contribution in [3.63, 3.8) is 0 Å². The number of hydrogen-bond acceptors (Lipinski definition) is 7. The van der Waals surface area contributed by atoms with Gasteiger partial charge >= 0.3 is 0 Å². The van der Waals surface area contributed by atoms with Crippen LogP contribution in [0.1, 0.15) is 38.3 Å². The highest BCUT2D eigenvalue weighted by Gasteiger charge is 2.35. The Labute approximate surface area is 234 Å². The van der Waals surface area contributed by atoms with E-state index >= 15 is 0 Å². The summed E-state index contributed by atoms with van der Waals surface area (Å²) in [7, 11) is 0. The van der Waals surface area contributed by atoms with Crippen molar-refractivity contribution in [2.75, 3.05) is 50.8 Å². The molecule has 0 bridgehead atoms. The minimum absolute atomic E-state index is 0.0250. The van der Waals surface area contributed by atoms with Crippen molar-refractivity contribution in [2.45, 2.75) is 32.5 Å². The van der Waals surface area contributed by atoms with Crippen molar-refractivity contribution in [1.82, 2.24) is 19.9 Å². The summed E-state index contributed by atoms with van der Waals surface area (Å²) in [5.41, 5.74) is 4.11. The molecule has 0 atom stereocenters. The van der Waals surface area contributed by atoms with E-state index in [-0.39, 0.29) is 5.41 Å². The molecule has 2 saturated heterocycles. The van der Waals surface area contributed by atoms with E-state index in [9.17, 15) is 0 Å². The number of aromatic amines is 1. The number of hydrogen-bond donors (Lipinski definition) is 1. The van der Waals surface area contributed by atoms with Gasteiger partial charge in [0.2, 0.25) is 6.29 Å². The molecule has 204 valence electrons. The maximum atomic E-state index is 6.28. The second-order valence-electron chi connectivity index (χ2n) is 10.9. The van der Waals surface area contributed by atoms with Crippen LogP contribution in [0.15, 0.2) is 72.2 Å². The molecule has 7 nitrogen and oxygen atoms in total. The van der Waals surface area contributed by atoms with Gasteiger partial charge in [0.15, 0.2) is 11.0 Å². The minimum atomic E-state index is -0.480. The number of imidazole rings is 1. The highest BCUT2D eigenvalue weighted by molar-refractivity contribution is 7.13. The third-order valence-electron chi connectivity index (χ3n) is 7.79. The van der Waals surface area contributed by atoms with Gasteiger partial charge < -0.3 is 19.4 Å². The van der Waals surface area contributed by atoms with E-state index in [0.717, 1.165) is 72.6 Å². The minimum Gasteiger partial charge on any atom is -0.346 e. The largest absolute Gasteiger partial charge is 0.346 e. The Morgan fingerprint density at radius 2 is 1.62 bits per heavy atom. The number of nitrogens with zero attached hydrogens (tertiary/aromatic N) is 4. The zero-order chi connectivity index (χ0) is 26.5. The fraction of sp³-hybridized carbons (Fsp3) is 0.419. The topological polar surface area (TPSA) is 66.5 Å². The molecule has 2 aliphatic heterocycles. The molecule has 4 heterocycles. The van der Waals surface area contributed by atoms with Gasteiger partial charge in [-0.1, -0.05) is 74.0 Å². The van der Waals surface area contributed by atoms with Crippen molar-refractivity contribution in [1.29, 1.82) is 0 Å². The van der Waals surface area contributed by atoms with Crippen LogP contribution in [-0.2, 0) is 9.47 Å². The Morgan fingerprint density at radius 1 is 0.923 bits per heavy atom. The molecule has 2 aromatic carbocycles. The average Bonchev–Trinajstić information content (AvgIpc) is 3.69. The SMILES string of the molecule is CC1(CCCCN2CCN(c3nccs3)CC2)COC(c2nc(-c3ccccc3)c(-c3ccccc3)[nH]2)OC1. The van der Waals surface area contributed by atoms with Crippen molar-refractivity contribution in [3.05, 3.63) is 78.1 Å². The molecule has 8 heteroatoms.